The number of hydrogen-bond donors (Lipinski definition) is 1. The molecule has 0 radical (unpaired) electrons. The monoisotopic (exact) mass is 614 g/mol. The number of piperidine rings is 1. The molecule has 3 rings (SSSR count). The Labute approximate surface area is 285 Å². The van der Waals surface area contributed by atoms with Gasteiger partial charge in [-0.25, -0.2) is 8.42 Å². The average molecular weight is 615 g/mol. The number of hydrogen-bond acceptors (Lipinski definition) is 7. The van der Waals surface area contributed by atoms with Gasteiger partial charge < -0.3 is 13.7 Å². The summed E-state index contributed by atoms with van der Waals surface area (Å²) in [6.45, 7) is 12.8. The first-order valence-electron chi connectivity index (χ1n) is 13.6. The first kappa shape index (κ1) is 35.6. The van der Waals surface area contributed by atoms with Crippen LogP contribution in [-0.4, -0.2) is 49.1 Å². The molecule has 0 aromatic heterocycles. The van der Waals surface area contributed by atoms with Gasteiger partial charge in [0.1, 0.15) is 5.75 Å². The minimum Gasteiger partial charge on any atom is -0.420 e. The van der Waals surface area contributed by atoms with Crippen molar-refractivity contribution in [2.75, 3.05) is 12.8 Å². The van der Waals surface area contributed by atoms with Crippen LogP contribution in [0.15, 0.2) is 58.3 Å². The molecule has 2 unspecified atom stereocenters. The zero-order valence-electron chi connectivity index (χ0n) is 25.2. The van der Waals surface area contributed by atoms with Crippen molar-refractivity contribution in [2.45, 2.75) is 106 Å². The minimum absolute atomic E-state index is 0. The number of nitrogens with zero attached hydrogens (tertiary/aromatic N) is 1. The Bertz CT molecular complexity index is 1310. The number of sulfone groups is 1. The van der Waals surface area contributed by atoms with E-state index in [1.54, 1.807) is 24.3 Å². The van der Waals surface area contributed by atoms with Crippen LogP contribution in [0.1, 0.15) is 90.2 Å². The number of likely N-dealkylation sites (tertiary alicyclic amines) is 1. The van der Waals surface area contributed by atoms with Gasteiger partial charge in [-0.05, 0) is 106 Å². The molecule has 1 aliphatic rings. The van der Waals surface area contributed by atoms with Crippen LogP contribution in [0.2, 0.25) is 0 Å². The summed E-state index contributed by atoms with van der Waals surface area (Å²) in [5, 5.41) is 2.98. The maximum Gasteiger partial charge on any atom is 1.00 e. The van der Waals surface area contributed by atoms with Gasteiger partial charge >= 0.3 is 51.4 Å². The molecule has 7 nitrogen and oxygen atoms in total. The summed E-state index contributed by atoms with van der Waals surface area (Å²) in [4.78, 5) is 15.5. The first-order chi connectivity index (χ1) is 18.1. The number of nitrogens with one attached hydrogen (secondary N) is 1. The first-order valence-corrected chi connectivity index (χ1v) is 16.3. The number of carbonyl (C=O) groups is 1. The zero-order valence-corrected chi connectivity index (χ0v) is 29.9. The van der Waals surface area contributed by atoms with E-state index >= 15 is 0 Å². The summed E-state index contributed by atoms with van der Waals surface area (Å²) in [6, 6.07) is 13.7. The maximum absolute atomic E-state index is 13.0. The van der Waals surface area contributed by atoms with Gasteiger partial charge in [0.2, 0.25) is 5.91 Å². The molecule has 1 amide bonds. The van der Waals surface area contributed by atoms with Crippen molar-refractivity contribution in [1.29, 1.82) is 0 Å². The topological polar surface area (TPSA) is 101 Å². The molecule has 0 spiro atoms. The summed E-state index contributed by atoms with van der Waals surface area (Å²) >= 11 is 0. The van der Waals surface area contributed by atoms with E-state index in [9.17, 15) is 21.6 Å². The Morgan fingerprint density at radius 2 is 1.48 bits per heavy atom. The van der Waals surface area contributed by atoms with Crippen LogP contribution in [0.5, 0.6) is 0 Å². The van der Waals surface area contributed by atoms with Crippen LogP contribution in [0.25, 0.3) is 0 Å². The van der Waals surface area contributed by atoms with E-state index in [2.05, 4.69) is 58.8 Å². The van der Waals surface area contributed by atoms with E-state index in [1.807, 2.05) is 24.3 Å². The fourth-order valence-corrected chi connectivity index (χ4v) is 7.46. The zero-order chi connectivity index (χ0) is 29.2. The third-order valence-corrected chi connectivity index (χ3v) is 10.8. The van der Waals surface area contributed by atoms with Gasteiger partial charge in [0, 0.05) is 17.1 Å². The van der Waals surface area contributed by atoms with E-state index in [0.29, 0.717) is 0 Å². The molecule has 1 N–H and O–H groups in total. The van der Waals surface area contributed by atoms with Gasteiger partial charge in [0.15, 0.2) is 9.84 Å². The fourth-order valence-electron chi connectivity index (χ4n) is 5.95. The summed E-state index contributed by atoms with van der Waals surface area (Å²) < 4.78 is 48.4. The fraction of sp³-hybridized carbons (Fsp3) is 0.567. The van der Waals surface area contributed by atoms with Crippen molar-refractivity contribution < 1.29 is 73.0 Å². The Kier molecular flexibility index (Phi) is 12.7. The summed E-state index contributed by atoms with van der Waals surface area (Å²) in [5.41, 5.74) is 1.88. The second kappa shape index (κ2) is 14.3. The minimum atomic E-state index is -3.78. The average Bonchev–Trinajstić information content (AvgIpc) is 2.85. The molecule has 10 heteroatoms. The third kappa shape index (κ3) is 8.96. The predicted molar refractivity (Wildman–Crippen MR) is 155 cm³/mol. The molecule has 0 aliphatic carbocycles. The third-order valence-electron chi connectivity index (χ3n) is 8.48. The van der Waals surface area contributed by atoms with E-state index in [0.717, 1.165) is 36.8 Å². The Balaban J connectivity index is 0.00000560. The van der Waals surface area contributed by atoms with Crippen molar-refractivity contribution >= 4 is 26.4 Å². The van der Waals surface area contributed by atoms with Crippen LogP contribution >= 0.6 is 0 Å². The molecule has 0 saturated carbocycles. The Morgan fingerprint density at radius 3 is 1.95 bits per heavy atom. The number of carbonyl (C=O) groups excluding carboxylic acids is 1. The molecule has 2 aromatic carbocycles. The van der Waals surface area contributed by atoms with Crippen molar-refractivity contribution in [2.24, 2.45) is 0 Å². The molecule has 1 fully saturated rings. The molecule has 2 aromatic rings. The molecule has 0 bridgehead atoms. The molecule has 40 heavy (non-hydrogen) atoms. The molecule has 1 aliphatic heterocycles. The van der Waals surface area contributed by atoms with Crippen LogP contribution in [0.3, 0.4) is 0 Å². The van der Waals surface area contributed by atoms with Crippen molar-refractivity contribution in [1.82, 2.24) is 10.2 Å². The van der Waals surface area contributed by atoms with Crippen LogP contribution in [-0.2, 0) is 33.8 Å². The normalized spacial score (nSPS) is 19.0. The molecule has 2 atom stereocenters. The van der Waals surface area contributed by atoms with E-state index in [4.69, 9.17) is 0 Å². The van der Waals surface area contributed by atoms with E-state index < -0.39 is 32.2 Å². The van der Waals surface area contributed by atoms with Gasteiger partial charge in [-0.15, -0.1) is 0 Å². The standard InChI is InChI=1S/C30H43N2O5S2.K/c1-8-22(24-9-13-26(14-10-24)38(34)35)17-21(2)23-11-15-27(16-12-23)39(36,37)20-28(33)31-25-18-29(3,4)32(7)30(5,6)19-25;/h9-16,21-22,25H,8,17-20H2,1-7H3,(H,31,33);/q-1;+1. The van der Waals surface area contributed by atoms with E-state index in [-0.39, 0.29) is 90.1 Å². The van der Waals surface area contributed by atoms with Crippen LogP contribution in [0.4, 0.5) is 0 Å². The second-order valence-corrected chi connectivity index (χ2v) is 15.2. The SMILES string of the molecule is CCC(CC(C)c1ccc(S(=O)(=O)CC(=O)NC2CC(C)(C)N(C)C(C)(C)C2)cc1)c1ccc([S-](=O)=O)cc1.[K+]. The molecular formula is C30H43KN2O5S2. The molecule has 216 valence electrons. The number of rotatable bonds is 10. The van der Waals surface area contributed by atoms with E-state index in [1.165, 1.54) is 0 Å². The van der Waals surface area contributed by atoms with Gasteiger partial charge in [-0.2, -0.15) is 0 Å². The van der Waals surface area contributed by atoms with Crippen molar-refractivity contribution in [3.63, 3.8) is 0 Å². The second-order valence-electron chi connectivity index (χ2n) is 12.2. The van der Waals surface area contributed by atoms with Gasteiger partial charge in [0.25, 0.3) is 0 Å². The number of benzene rings is 2. The molecule has 1 saturated heterocycles. The van der Waals surface area contributed by atoms with Crippen molar-refractivity contribution in [3.8, 4) is 0 Å². The maximum atomic E-state index is 13.0. The predicted octanol–water partition coefficient (Wildman–Crippen LogP) is 2.59. The molecular weight excluding hydrogens is 572 g/mol. The van der Waals surface area contributed by atoms with Crippen LogP contribution in [0, 0.1) is 0 Å². The summed E-state index contributed by atoms with van der Waals surface area (Å²) in [5.74, 6) is -0.626. The van der Waals surface area contributed by atoms with Gasteiger partial charge in [0.05, 0.1) is 4.90 Å². The molecule has 1 heterocycles. The van der Waals surface area contributed by atoms with Crippen molar-refractivity contribution in [3.05, 3.63) is 59.7 Å². The van der Waals surface area contributed by atoms with Gasteiger partial charge in [-0.3, -0.25) is 9.69 Å². The number of amides is 1. The largest absolute Gasteiger partial charge is 1.00 e. The smallest absolute Gasteiger partial charge is 0.420 e. The van der Waals surface area contributed by atoms with Crippen LogP contribution < -0.4 is 56.7 Å². The quantitative estimate of drug-likeness (QED) is 0.326. The summed E-state index contributed by atoms with van der Waals surface area (Å²) in [7, 11) is -3.93. The Hall–Kier alpha value is -0.594. The van der Waals surface area contributed by atoms with Gasteiger partial charge in [-0.1, -0.05) is 55.1 Å². The summed E-state index contributed by atoms with van der Waals surface area (Å²) in [6.07, 6.45) is 3.25. The Morgan fingerprint density at radius 1 is 0.975 bits per heavy atom.